The first-order valence-corrected chi connectivity index (χ1v) is 9.71. The molecule has 7 heteroatoms. The molecular formula is C22H23N3O4. The van der Waals surface area contributed by atoms with Crippen LogP contribution in [0.25, 0.3) is 0 Å². The van der Waals surface area contributed by atoms with Crippen LogP contribution in [-0.4, -0.2) is 55.9 Å². The number of ether oxygens (including phenoxy) is 1. The normalized spacial score (nSPS) is 17.1. The Labute approximate surface area is 169 Å². The Morgan fingerprint density at radius 3 is 2.10 bits per heavy atom. The number of rotatable bonds is 4. The van der Waals surface area contributed by atoms with E-state index in [4.69, 9.17) is 4.74 Å². The highest BCUT2D eigenvalue weighted by molar-refractivity contribution is 6.19. The molecule has 2 aliphatic rings. The second kappa shape index (κ2) is 7.95. The summed E-state index contributed by atoms with van der Waals surface area (Å²) in [5, 5.41) is 0. The zero-order valence-corrected chi connectivity index (χ0v) is 16.3. The number of imide groups is 1. The van der Waals surface area contributed by atoms with Gasteiger partial charge in [-0.05, 0) is 36.4 Å². The average Bonchev–Trinajstić information content (AvgIpc) is 3.11. The molecule has 2 aliphatic heterocycles. The van der Waals surface area contributed by atoms with E-state index in [0.29, 0.717) is 24.3 Å². The molecule has 0 bridgehead atoms. The minimum Gasteiger partial charge on any atom is -0.495 e. The number of piperazine rings is 1. The third-order valence-electron chi connectivity index (χ3n) is 5.42. The van der Waals surface area contributed by atoms with Crippen LogP contribution in [0.2, 0.25) is 0 Å². The number of hydrogen-bond acceptors (Lipinski definition) is 5. The summed E-state index contributed by atoms with van der Waals surface area (Å²) in [5.74, 6) is 0.396. The first-order valence-electron chi connectivity index (χ1n) is 9.71. The molecule has 150 valence electrons. The van der Waals surface area contributed by atoms with Crippen molar-refractivity contribution in [3.63, 3.8) is 0 Å². The van der Waals surface area contributed by atoms with Gasteiger partial charge >= 0.3 is 0 Å². The van der Waals surface area contributed by atoms with Gasteiger partial charge in [-0.1, -0.05) is 12.1 Å². The summed E-state index contributed by atoms with van der Waals surface area (Å²) >= 11 is 0. The van der Waals surface area contributed by atoms with Gasteiger partial charge in [0.1, 0.15) is 5.75 Å². The Morgan fingerprint density at radius 1 is 0.862 bits per heavy atom. The zero-order valence-electron chi connectivity index (χ0n) is 16.3. The number of carbonyl (C=O) groups is 3. The summed E-state index contributed by atoms with van der Waals surface area (Å²) in [6.45, 7) is 2.67. The van der Waals surface area contributed by atoms with E-state index in [2.05, 4.69) is 4.90 Å². The minimum atomic E-state index is -0.193. The van der Waals surface area contributed by atoms with Crippen molar-refractivity contribution in [1.82, 2.24) is 4.90 Å². The number of amides is 3. The third-order valence-corrected chi connectivity index (χ3v) is 5.42. The lowest BCUT2D eigenvalue weighted by molar-refractivity contribution is -0.121. The van der Waals surface area contributed by atoms with Crippen LogP contribution >= 0.6 is 0 Å². The van der Waals surface area contributed by atoms with E-state index in [0.717, 1.165) is 24.5 Å². The Balaban J connectivity index is 1.41. The van der Waals surface area contributed by atoms with E-state index < -0.39 is 0 Å². The first kappa shape index (κ1) is 19.0. The molecule has 0 aromatic heterocycles. The van der Waals surface area contributed by atoms with E-state index in [9.17, 15) is 14.4 Å². The van der Waals surface area contributed by atoms with Gasteiger partial charge in [0.15, 0.2) is 0 Å². The molecule has 2 fully saturated rings. The van der Waals surface area contributed by atoms with Crippen LogP contribution in [0.3, 0.4) is 0 Å². The Hall–Kier alpha value is -3.35. The summed E-state index contributed by atoms with van der Waals surface area (Å²) in [5.41, 5.74) is 2.11. The molecule has 0 radical (unpaired) electrons. The molecular weight excluding hydrogens is 370 g/mol. The average molecular weight is 393 g/mol. The lowest BCUT2D eigenvalue weighted by Gasteiger charge is -2.36. The van der Waals surface area contributed by atoms with E-state index >= 15 is 0 Å². The van der Waals surface area contributed by atoms with Crippen molar-refractivity contribution in [3.05, 3.63) is 54.1 Å². The number of carbonyl (C=O) groups excluding carboxylic acids is 3. The molecule has 2 heterocycles. The molecule has 2 saturated heterocycles. The zero-order chi connectivity index (χ0) is 20.4. The maximum Gasteiger partial charge on any atom is 0.253 e. The van der Waals surface area contributed by atoms with Gasteiger partial charge in [0, 0.05) is 44.6 Å². The molecule has 0 unspecified atom stereocenters. The van der Waals surface area contributed by atoms with Crippen molar-refractivity contribution in [2.24, 2.45) is 0 Å². The topological polar surface area (TPSA) is 70.2 Å². The fourth-order valence-electron chi connectivity index (χ4n) is 3.84. The highest BCUT2D eigenvalue weighted by atomic mass is 16.5. The lowest BCUT2D eigenvalue weighted by Crippen LogP contribution is -2.48. The highest BCUT2D eigenvalue weighted by Gasteiger charge is 2.30. The van der Waals surface area contributed by atoms with Crippen LogP contribution in [0.5, 0.6) is 5.75 Å². The molecule has 0 N–H and O–H groups in total. The van der Waals surface area contributed by atoms with Crippen molar-refractivity contribution in [2.75, 3.05) is 43.1 Å². The maximum atomic E-state index is 12.9. The fourth-order valence-corrected chi connectivity index (χ4v) is 3.84. The Kier molecular flexibility index (Phi) is 5.20. The smallest absolute Gasteiger partial charge is 0.253 e. The van der Waals surface area contributed by atoms with Gasteiger partial charge in [0.05, 0.1) is 18.5 Å². The summed E-state index contributed by atoms with van der Waals surface area (Å²) < 4.78 is 5.44. The van der Waals surface area contributed by atoms with Crippen molar-refractivity contribution in [1.29, 1.82) is 0 Å². The van der Waals surface area contributed by atoms with E-state index in [-0.39, 0.29) is 30.6 Å². The lowest BCUT2D eigenvalue weighted by atomic mass is 10.1. The van der Waals surface area contributed by atoms with Crippen molar-refractivity contribution in [2.45, 2.75) is 12.8 Å². The quantitative estimate of drug-likeness (QED) is 0.746. The molecule has 2 aromatic carbocycles. The second-order valence-electron chi connectivity index (χ2n) is 7.12. The molecule has 0 aliphatic carbocycles. The molecule has 4 rings (SSSR count). The van der Waals surface area contributed by atoms with Crippen molar-refractivity contribution >= 4 is 29.1 Å². The van der Waals surface area contributed by atoms with Gasteiger partial charge in [-0.15, -0.1) is 0 Å². The van der Waals surface area contributed by atoms with Gasteiger partial charge in [0.2, 0.25) is 11.8 Å². The number of nitrogens with zero attached hydrogens (tertiary/aromatic N) is 3. The van der Waals surface area contributed by atoms with Crippen LogP contribution in [0.15, 0.2) is 48.5 Å². The number of benzene rings is 2. The summed E-state index contributed by atoms with van der Waals surface area (Å²) in [6, 6.07) is 14.6. The Morgan fingerprint density at radius 2 is 1.48 bits per heavy atom. The highest BCUT2D eigenvalue weighted by Crippen LogP contribution is 2.29. The molecule has 29 heavy (non-hydrogen) atoms. The predicted octanol–water partition coefficient (Wildman–Crippen LogP) is 2.31. The number of anilines is 2. The molecule has 7 nitrogen and oxygen atoms in total. The predicted molar refractivity (Wildman–Crippen MR) is 109 cm³/mol. The van der Waals surface area contributed by atoms with Crippen molar-refractivity contribution < 1.29 is 19.1 Å². The molecule has 0 spiro atoms. The van der Waals surface area contributed by atoms with Gasteiger partial charge in [0.25, 0.3) is 5.91 Å². The fraction of sp³-hybridized carbons (Fsp3) is 0.318. The van der Waals surface area contributed by atoms with Crippen LogP contribution in [-0.2, 0) is 9.59 Å². The van der Waals surface area contributed by atoms with Crippen molar-refractivity contribution in [3.8, 4) is 5.75 Å². The second-order valence-corrected chi connectivity index (χ2v) is 7.12. The maximum absolute atomic E-state index is 12.9. The number of para-hydroxylation sites is 2. The third kappa shape index (κ3) is 3.68. The Bertz CT molecular complexity index is 917. The molecule has 0 atom stereocenters. The number of hydrogen-bond donors (Lipinski definition) is 0. The molecule has 3 amide bonds. The van der Waals surface area contributed by atoms with Crippen LogP contribution in [0.1, 0.15) is 23.2 Å². The van der Waals surface area contributed by atoms with Gasteiger partial charge in [-0.2, -0.15) is 0 Å². The minimum absolute atomic E-state index is 0.0460. The van der Waals surface area contributed by atoms with Crippen LogP contribution in [0.4, 0.5) is 11.4 Å². The van der Waals surface area contributed by atoms with E-state index in [1.165, 1.54) is 4.90 Å². The van der Waals surface area contributed by atoms with Crippen LogP contribution < -0.4 is 14.5 Å². The summed E-state index contributed by atoms with van der Waals surface area (Å²) in [4.78, 5) is 41.8. The van der Waals surface area contributed by atoms with Gasteiger partial charge in [-0.3, -0.25) is 19.3 Å². The van der Waals surface area contributed by atoms with E-state index in [1.54, 1.807) is 31.4 Å². The summed E-state index contributed by atoms with van der Waals surface area (Å²) in [7, 11) is 1.66. The molecule has 2 aromatic rings. The SMILES string of the molecule is COc1ccccc1N1CCN(C(=O)c2ccc(N3C(=O)CCC3=O)cc2)CC1. The summed E-state index contributed by atoms with van der Waals surface area (Å²) in [6.07, 6.45) is 0.492. The monoisotopic (exact) mass is 393 g/mol. The van der Waals surface area contributed by atoms with Crippen LogP contribution in [0, 0.1) is 0 Å². The largest absolute Gasteiger partial charge is 0.495 e. The van der Waals surface area contributed by atoms with Gasteiger partial charge in [-0.25, -0.2) is 0 Å². The first-order chi connectivity index (χ1) is 14.1. The van der Waals surface area contributed by atoms with Gasteiger partial charge < -0.3 is 14.5 Å². The standard InChI is InChI=1S/C22H23N3O4/c1-29-19-5-3-2-4-18(19)23-12-14-24(15-13-23)22(28)16-6-8-17(9-7-16)25-20(26)10-11-21(25)27/h2-9H,10-15H2,1H3. The number of methoxy groups -OCH3 is 1. The molecule has 0 saturated carbocycles. The van der Waals surface area contributed by atoms with E-state index in [1.807, 2.05) is 29.2 Å².